The SMILES string of the molecule is CCCCS[C@@H](C)C(=O)NC1CCN(c2ncnc3nc[nH]c23)CC1. The van der Waals surface area contributed by atoms with E-state index in [0.717, 1.165) is 43.0 Å². The Hall–Kier alpha value is -1.83. The number of carbonyl (C=O) groups is 1. The molecule has 7 nitrogen and oxygen atoms in total. The Labute approximate surface area is 152 Å². The van der Waals surface area contributed by atoms with Gasteiger partial charge in [-0.05, 0) is 31.9 Å². The zero-order chi connectivity index (χ0) is 17.6. The van der Waals surface area contributed by atoms with E-state index in [4.69, 9.17) is 0 Å². The van der Waals surface area contributed by atoms with Crippen molar-refractivity contribution in [1.82, 2.24) is 25.3 Å². The normalized spacial score (nSPS) is 17.0. The Morgan fingerprint density at radius 1 is 1.40 bits per heavy atom. The summed E-state index contributed by atoms with van der Waals surface area (Å²) in [5.41, 5.74) is 1.57. The van der Waals surface area contributed by atoms with Gasteiger partial charge in [0.05, 0.1) is 11.6 Å². The number of hydrogen-bond acceptors (Lipinski definition) is 6. The summed E-state index contributed by atoms with van der Waals surface area (Å²) in [4.78, 5) is 30.4. The van der Waals surface area contributed by atoms with Crippen LogP contribution < -0.4 is 10.2 Å². The number of thioether (sulfide) groups is 1. The maximum atomic E-state index is 12.3. The van der Waals surface area contributed by atoms with Crippen LogP contribution in [0.4, 0.5) is 5.82 Å². The van der Waals surface area contributed by atoms with Gasteiger partial charge >= 0.3 is 0 Å². The van der Waals surface area contributed by atoms with Crippen molar-refractivity contribution in [3.05, 3.63) is 12.7 Å². The Kier molecular flexibility index (Phi) is 6.12. The zero-order valence-electron chi connectivity index (χ0n) is 14.9. The van der Waals surface area contributed by atoms with Gasteiger partial charge in [0.1, 0.15) is 11.8 Å². The third-order valence-electron chi connectivity index (χ3n) is 4.58. The van der Waals surface area contributed by atoms with Gasteiger partial charge in [0.25, 0.3) is 0 Å². The summed E-state index contributed by atoms with van der Waals surface area (Å²) in [6.45, 7) is 5.91. The second-order valence-electron chi connectivity index (χ2n) is 6.43. The first-order valence-electron chi connectivity index (χ1n) is 9.00. The topological polar surface area (TPSA) is 86.8 Å². The molecule has 1 amide bonds. The van der Waals surface area contributed by atoms with Gasteiger partial charge in [-0.15, -0.1) is 11.8 Å². The molecule has 136 valence electrons. The average Bonchev–Trinajstić information content (AvgIpc) is 3.11. The van der Waals surface area contributed by atoms with Crippen LogP contribution in [-0.4, -0.2) is 56.0 Å². The molecule has 1 saturated heterocycles. The van der Waals surface area contributed by atoms with Crippen molar-refractivity contribution >= 4 is 34.7 Å². The predicted molar refractivity (Wildman–Crippen MR) is 102 cm³/mol. The largest absolute Gasteiger partial charge is 0.355 e. The van der Waals surface area contributed by atoms with E-state index in [1.54, 1.807) is 24.4 Å². The number of unbranched alkanes of at least 4 members (excludes halogenated alkanes) is 1. The van der Waals surface area contributed by atoms with E-state index >= 15 is 0 Å². The van der Waals surface area contributed by atoms with Crippen molar-refractivity contribution in [3.63, 3.8) is 0 Å². The van der Waals surface area contributed by atoms with Crippen LogP contribution in [0.3, 0.4) is 0 Å². The highest BCUT2D eigenvalue weighted by atomic mass is 32.2. The van der Waals surface area contributed by atoms with Crippen LogP contribution in [0.1, 0.15) is 39.5 Å². The Morgan fingerprint density at radius 2 is 2.20 bits per heavy atom. The number of carbonyl (C=O) groups excluding carboxylic acids is 1. The molecule has 0 spiro atoms. The Morgan fingerprint density at radius 3 is 2.96 bits per heavy atom. The number of aromatic amines is 1. The predicted octanol–water partition coefficient (Wildman–Crippen LogP) is 2.36. The monoisotopic (exact) mass is 362 g/mol. The van der Waals surface area contributed by atoms with E-state index in [0.29, 0.717) is 5.65 Å². The van der Waals surface area contributed by atoms with Crippen LogP contribution in [0.15, 0.2) is 12.7 Å². The van der Waals surface area contributed by atoms with E-state index in [-0.39, 0.29) is 17.2 Å². The van der Waals surface area contributed by atoms with Crippen molar-refractivity contribution in [1.29, 1.82) is 0 Å². The molecule has 1 fully saturated rings. The fourth-order valence-electron chi connectivity index (χ4n) is 3.03. The average molecular weight is 363 g/mol. The maximum absolute atomic E-state index is 12.3. The number of nitrogens with zero attached hydrogens (tertiary/aromatic N) is 4. The highest BCUT2D eigenvalue weighted by Gasteiger charge is 2.24. The molecule has 3 heterocycles. The summed E-state index contributed by atoms with van der Waals surface area (Å²) in [6.07, 6.45) is 7.40. The fourth-order valence-corrected chi connectivity index (χ4v) is 4.05. The second kappa shape index (κ2) is 8.51. The highest BCUT2D eigenvalue weighted by molar-refractivity contribution is 8.00. The van der Waals surface area contributed by atoms with E-state index in [1.165, 1.54) is 12.8 Å². The molecule has 25 heavy (non-hydrogen) atoms. The molecule has 0 unspecified atom stereocenters. The lowest BCUT2D eigenvalue weighted by atomic mass is 10.0. The van der Waals surface area contributed by atoms with Gasteiger partial charge in [-0.3, -0.25) is 4.79 Å². The number of amides is 1. The van der Waals surface area contributed by atoms with Crippen molar-refractivity contribution < 1.29 is 4.79 Å². The van der Waals surface area contributed by atoms with Crippen molar-refractivity contribution in [2.45, 2.75) is 50.8 Å². The van der Waals surface area contributed by atoms with Gasteiger partial charge in [-0.25, -0.2) is 15.0 Å². The minimum absolute atomic E-state index is 0.0241. The van der Waals surface area contributed by atoms with Crippen molar-refractivity contribution in [2.75, 3.05) is 23.7 Å². The van der Waals surface area contributed by atoms with Gasteiger partial charge in [0, 0.05) is 19.1 Å². The summed E-state index contributed by atoms with van der Waals surface area (Å²) in [7, 11) is 0. The van der Waals surface area contributed by atoms with E-state index < -0.39 is 0 Å². The minimum Gasteiger partial charge on any atom is -0.355 e. The van der Waals surface area contributed by atoms with Crippen molar-refractivity contribution in [2.24, 2.45) is 0 Å². The van der Waals surface area contributed by atoms with Gasteiger partial charge in [0.15, 0.2) is 11.5 Å². The molecule has 0 saturated carbocycles. The first-order chi connectivity index (χ1) is 12.2. The first-order valence-corrected chi connectivity index (χ1v) is 10.0. The third-order valence-corrected chi connectivity index (χ3v) is 5.82. The van der Waals surface area contributed by atoms with E-state index in [1.807, 2.05) is 6.92 Å². The molecule has 0 aliphatic carbocycles. The Balaban J connectivity index is 1.50. The lowest BCUT2D eigenvalue weighted by Gasteiger charge is -2.33. The number of hydrogen-bond donors (Lipinski definition) is 2. The molecule has 2 aromatic rings. The number of imidazole rings is 1. The number of H-pyrrole nitrogens is 1. The van der Waals surface area contributed by atoms with E-state index in [9.17, 15) is 4.79 Å². The summed E-state index contributed by atoms with van der Waals surface area (Å²) in [5.74, 6) is 2.12. The molecule has 0 aromatic carbocycles. The van der Waals surface area contributed by atoms with E-state index in [2.05, 4.69) is 37.1 Å². The molecule has 3 rings (SSSR count). The fraction of sp³-hybridized carbons (Fsp3) is 0.647. The molecule has 1 aliphatic rings. The van der Waals surface area contributed by atoms with Gasteiger partial charge < -0.3 is 15.2 Å². The number of piperidine rings is 1. The molecular weight excluding hydrogens is 336 g/mol. The molecule has 8 heteroatoms. The second-order valence-corrected chi connectivity index (χ2v) is 7.88. The maximum Gasteiger partial charge on any atom is 0.233 e. The molecular formula is C17H26N6OS. The summed E-state index contributed by atoms with van der Waals surface area (Å²) in [5, 5.41) is 3.23. The molecule has 0 bridgehead atoms. The molecule has 2 aromatic heterocycles. The summed E-state index contributed by atoms with van der Waals surface area (Å²) >= 11 is 1.75. The van der Waals surface area contributed by atoms with Crippen LogP contribution in [0.5, 0.6) is 0 Å². The number of aromatic nitrogens is 4. The van der Waals surface area contributed by atoms with Crippen LogP contribution in [0.2, 0.25) is 0 Å². The standard InChI is InChI=1S/C17H26N6OS/c1-3-4-9-25-12(2)17(24)22-13-5-7-23(8-6-13)16-14-15(19-10-18-14)20-11-21-16/h10-13H,3-9H2,1-2H3,(H,22,24)(H,18,19,20,21)/t12-/m0/s1. The molecule has 1 aliphatic heterocycles. The number of fused-ring (bicyclic) bond motifs is 1. The van der Waals surface area contributed by atoms with Gasteiger partial charge in [-0.2, -0.15) is 0 Å². The van der Waals surface area contributed by atoms with Crippen LogP contribution in [0.25, 0.3) is 11.2 Å². The smallest absolute Gasteiger partial charge is 0.233 e. The number of rotatable bonds is 7. The third kappa shape index (κ3) is 4.42. The molecule has 0 radical (unpaired) electrons. The van der Waals surface area contributed by atoms with Crippen LogP contribution in [0, 0.1) is 0 Å². The van der Waals surface area contributed by atoms with Gasteiger partial charge in [-0.1, -0.05) is 13.3 Å². The Bertz CT molecular complexity index is 697. The lowest BCUT2D eigenvalue weighted by Crippen LogP contribution is -2.47. The number of anilines is 1. The van der Waals surface area contributed by atoms with Gasteiger partial charge in [0.2, 0.25) is 5.91 Å². The quantitative estimate of drug-likeness (QED) is 0.735. The lowest BCUT2D eigenvalue weighted by molar-refractivity contribution is -0.121. The minimum atomic E-state index is 0.0241. The molecule has 1 atom stereocenters. The zero-order valence-corrected chi connectivity index (χ0v) is 15.7. The summed E-state index contributed by atoms with van der Waals surface area (Å²) in [6, 6.07) is 0.247. The van der Waals surface area contributed by atoms with Crippen molar-refractivity contribution in [3.8, 4) is 0 Å². The van der Waals surface area contributed by atoms with Crippen LogP contribution in [-0.2, 0) is 4.79 Å². The highest BCUT2D eigenvalue weighted by Crippen LogP contribution is 2.23. The molecule has 2 N–H and O–H groups in total. The number of nitrogens with one attached hydrogen (secondary N) is 2. The summed E-state index contributed by atoms with van der Waals surface area (Å²) < 4.78 is 0. The first kappa shape index (κ1) is 18.0. The van der Waals surface area contributed by atoms with Crippen LogP contribution >= 0.6 is 11.8 Å².